The molecule has 0 fully saturated rings. The van der Waals surface area contributed by atoms with Gasteiger partial charge in [0.25, 0.3) is 0 Å². The first-order valence-electron chi connectivity index (χ1n) is 14.3. The van der Waals surface area contributed by atoms with E-state index in [9.17, 15) is 5.26 Å². The number of hydrogen-bond acceptors (Lipinski definition) is 5. The van der Waals surface area contributed by atoms with Gasteiger partial charge >= 0.3 is 0 Å². The van der Waals surface area contributed by atoms with Crippen LogP contribution in [0.4, 0.5) is 0 Å². The lowest BCUT2D eigenvalue weighted by molar-refractivity contribution is 0.451. The minimum absolute atomic E-state index is 0.494. The van der Waals surface area contributed by atoms with Gasteiger partial charge in [-0.15, -0.1) is 5.10 Å². The summed E-state index contributed by atoms with van der Waals surface area (Å²) in [6.07, 6.45) is 1.59. The third-order valence-corrected chi connectivity index (χ3v) is 8.02. The second-order valence-corrected chi connectivity index (χ2v) is 10.5. The van der Waals surface area contributed by atoms with Crippen LogP contribution in [-0.4, -0.2) is 29.8 Å². The Morgan fingerprint density at radius 2 is 1.16 bits per heavy atom. The zero-order chi connectivity index (χ0) is 29.9. The predicted octanol–water partition coefficient (Wildman–Crippen LogP) is 7.21. The maximum Gasteiger partial charge on any atom is 0.184 e. The van der Waals surface area contributed by atoms with Gasteiger partial charge in [0.15, 0.2) is 5.82 Å². The first kappa shape index (κ1) is 26.7. The summed E-state index contributed by atoms with van der Waals surface area (Å²) in [7, 11) is 0. The van der Waals surface area contributed by atoms with Crippen molar-refractivity contribution in [3.63, 3.8) is 0 Å². The lowest BCUT2D eigenvalue weighted by Crippen LogP contribution is -2.39. The SMILES string of the molecule is Cc1ncc(C#N)n1-c1ccc(-c2ccccc2-c2nnnn2C(c2ccccc2)(c2ccccc2)c2ccccc2)cc1. The maximum absolute atomic E-state index is 9.57. The molecule has 210 valence electrons. The van der Waals surface area contributed by atoms with Gasteiger partial charge in [0.05, 0.1) is 6.20 Å². The van der Waals surface area contributed by atoms with Crippen LogP contribution in [0.3, 0.4) is 0 Å². The molecule has 7 heteroatoms. The van der Waals surface area contributed by atoms with Crippen molar-refractivity contribution in [1.29, 1.82) is 5.26 Å². The molecule has 2 aromatic heterocycles. The second kappa shape index (κ2) is 11.3. The Balaban J connectivity index is 1.44. The highest BCUT2D eigenvalue weighted by atomic mass is 15.6. The second-order valence-electron chi connectivity index (χ2n) is 10.5. The average molecular weight is 570 g/mol. The highest BCUT2D eigenvalue weighted by molar-refractivity contribution is 5.81. The number of hydrogen-bond donors (Lipinski definition) is 0. The van der Waals surface area contributed by atoms with Crippen LogP contribution in [0.25, 0.3) is 28.2 Å². The number of imidazole rings is 1. The molecule has 0 bridgehead atoms. The van der Waals surface area contributed by atoms with Gasteiger partial charge in [-0.05, 0) is 57.3 Å². The van der Waals surface area contributed by atoms with Crippen molar-refractivity contribution in [2.75, 3.05) is 0 Å². The van der Waals surface area contributed by atoms with E-state index in [1.165, 1.54) is 0 Å². The molecule has 0 saturated carbocycles. The summed E-state index contributed by atoms with van der Waals surface area (Å²) in [5, 5.41) is 23.2. The van der Waals surface area contributed by atoms with E-state index in [0.29, 0.717) is 11.5 Å². The molecule has 0 radical (unpaired) electrons. The molecular formula is C37H27N7. The van der Waals surface area contributed by atoms with Crippen LogP contribution in [0.1, 0.15) is 28.2 Å². The molecule has 2 heterocycles. The van der Waals surface area contributed by atoms with E-state index in [-0.39, 0.29) is 0 Å². The molecule has 44 heavy (non-hydrogen) atoms. The maximum atomic E-state index is 9.57. The average Bonchev–Trinajstić information content (AvgIpc) is 3.74. The highest BCUT2D eigenvalue weighted by Gasteiger charge is 2.42. The monoisotopic (exact) mass is 569 g/mol. The van der Waals surface area contributed by atoms with E-state index >= 15 is 0 Å². The van der Waals surface area contributed by atoms with Crippen LogP contribution in [0.2, 0.25) is 0 Å². The standard InChI is InChI=1S/C37H27N7/c1-27-39-26-33(25-38)43(27)32-23-21-28(22-24-32)34-19-11-12-20-35(34)36-40-41-42-44(36)37(29-13-5-2-6-14-29,30-15-7-3-8-16-30)31-17-9-4-10-18-31/h2-24,26H,1H3. The predicted molar refractivity (Wildman–Crippen MR) is 170 cm³/mol. The molecule has 0 N–H and O–H groups in total. The third kappa shape index (κ3) is 4.37. The lowest BCUT2D eigenvalue weighted by Gasteiger charge is -2.36. The Labute approximate surface area is 255 Å². The van der Waals surface area contributed by atoms with Gasteiger partial charge in [-0.1, -0.05) is 127 Å². The molecule has 0 amide bonds. The Morgan fingerprint density at radius 1 is 0.636 bits per heavy atom. The minimum Gasteiger partial charge on any atom is -0.288 e. The number of aryl methyl sites for hydroxylation is 1. The van der Waals surface area contributed by atoms with Gasteiger partial charge in [0.1, 0.15) is 23.1 Å². The Morgan fingerprint density at radius 3 is 1.70 bits per heavy atom. The normalized spacial score (nSPS) is 11.3. The first-order valence-corrected chi connectivity index (χ1v) is 14.3. The minimum atomic E-state index is -0.855. The van der Waals surface area contributed by atoms with Gasteiger partial charge in [-0.25, -0.2) is 9.67 Å². The summed E-state index contributed by atoms with van der Waals surface area (Å²) in [5.74, 6) is 1.39. The van der Waals surface area contributed by atoms with Crippen molar-refractivity contribution < 1.29 is 0 Å². The fraction of sp³-hybridized carbons (Fsp3) is 0.0541. The summed E-state index contributed by atoms with van der Waals surface area (Å²) in [4.78, 5) is 4.32. The fourth-order valence-electron chi connectivity index (χ4n) is 6.05. The van der Waals surface area contributed by atoms with Gasteiger partial charge < -0.3 is 0 Å². The number of tetrazole rings is 1. The zero-order valence-corrected chi connectivity index (χ0v) is 24.0. The van der Waals surface area contributed by atoms with E-state index < -0.39 is 5.54 Å². The largest absolute Gasteiger partial charge is 0.288 e. The van der Waals surface area contributed by atoms with E-state index in [1.807, 2.05) is 58.6 Å². The fourth-order valence-corrected chi connectivity index (χ4v) is 6.05. The summed E-state index contributed by atoms with van der Waals surface area (Å²) in [5.41, 5.74) is 6.51. The zero-order valence-electron chi connectivity index (χ0n) is 24.0. The van der Waals surface area contributed by atoms with Crippen LogP contribution >= 0.6 is 0 Å². The number of nitrogens with zero attached hydrogens (tertiary/aromatic N) is 7. The molecule has 0 unspecified atom stereocenters. The van der Waals surface area contributed by atoms with Crippen LogP contribution in [-0.2, 0) is 5.54 Å². The summed E-state index contributed by atoms with van der Waals surface area (Å²) >= 11 is 0. The van der Waals surface area contributed by atoms with Crippen molar-refractivity contribution in [2.45, 2.75) is 12.5 Å². The number of benzene rings is 5. The topological polar surface area (TPSA) is 85.2 Å². The lowest BCUT2D eigenvalue weighted by atomic mass is 9.77. The van der Waals surface area contributed by atoms with Crippen molar-refractivity contribution in [2.24, 2.45) is 0 Å². The van der Waals surface area contributed by atoms with Crippen LogP contribution in [0.5, 0.6) is 0 Å². The van der Waals surface area contributed by atoms with Crippen molar-refractivity contribution in [3.8, 4) is 34.3 Å². The Bertz CT molecular complexity index is 1980. The van der Waals surface area contributed by atoms with Crippen molar-refractivity contribution in [3.05, 3.63) is 174 Å². The van der Waals surface area contributed by atoms with Crippen molar-refractivity contribution >= 4 is 0 Å². The smallest absolute Gasteiger partial charge is 0.184 e. The van der Waals surface area contributed by atoms with Crippen LogP contribution in [0.15, 0.2) is 146 Å². The Kier molecular flexibility index (Phi) is 6.85. The van der Waals surface area contributed by atoms with Crippen LogP contribution < -0.4 is 0 Å². The van der Waals surface area contributed by atoms with Gasteiger partial charge in [0.2, 0.25) is 0 Å². The Hall–Kier alpha value is -6.13. The summed E-state index contributed by atoms with van der Waals surface area (Å²) < 4.78 is 3.80. The molecule has 0 spiro atoms. The molecule has 0 aliphatic heterocycles. The molecule has 0 aliphatic carbocycles. The summed E-state index contributed by atoms with van der Waals surface area (Å²) in [6.45, 7) is 1.89. The van der Waals surface area contributed by atoms with Gasteiger partial charge in [-0.2, -0.15) is 5.26 Å². The molecule has 0 saturated heterocycles. The van der Waals surface area contributed by atoms with Gasteiger partial charge in [-0.3, -0.25) is 4.57 Å². The number of rotatable bonds is 7. The van der Waals surface area contributed by atoms with Crippen molar-refractivity contribution in [1.82, 2.24) is 29.8 Å². The van der Waals surface area contributed by atoms with E-state index in [2.05, 4.69) is 118 Å². The molecule has 7 aromatic rings. The highest BCUT2D eigenvalue weighted by Crippen LogP contribution is 2.43. The van der Waals surface area contributed by atoms with E-state index in [4.69, 9.17) is 5.21 Å². The number of nitriles is 1. The molecule has 0 atom stereocenters. The van der Waals surface area contributed by atoms with E-state index in [1.54, 1.807) is 6.20 Å². The molecule has 7 rings (SSSR count). The first-order chi connectivity index (χ1) is 21.7. The van der Waals surface area contributed by atoms with Gasteiger partial charge in [0, 0.05) is 11.3 Å². The molecule has 5 aromatic carbocycles. The third-order valence-electron chi connectivity index (χ3n) is 8.02. The molecule has 7 nitrogen and oxygen atoms in total. The summed E-state index contributed by atoms with van der Waals surface area (Å²) in [6, 6.07) is 49.7. The number of aromatic nitrogens is 6. The molecule has 0 aliphatic rings. The van der Waals surface area contributed by atoms with Crippen LogP contribution in [0, 0.1) is 18.3 Å². The quantitative estimate of drug-likeness (QED) is 0.189. The molecular weight excluding hydrogens is 542 g/mol. The van der Waals surface area contributed by atoms with E-state index in [0.717, 1.165) is 44.9 Å².